The number of hydrogen-bond donors (Lipinski definition) is 2. The van der Waals surface area contributed by atoms with Crippen LogP contribution in [0.25, 0.3) is 0 Å². The van der Waals surface area contributed by atoms with Crippen LogP contribution < -0.4 is 10.5 Å². The third-order valence-corrected chi connectivity index (χ3v) is 5.09. The minimum absolute atomic E-state index is 0.0688. The maximum atomic E-state index is 12.1. The highest BCUT2D eigenvalue weighted by Crippen LogP contribution is 2.24. The number of rotatable bonds is 6. The number of hydrogen-bond acceptors (Lipinski definition) is 4. The normalized spacial score (nSPS) is 22.3. The van der Waals surface area contributed by atoms with Gasteiger partial charge in [0, 0.05) is 18.7 Å². The maximum Gasteiger partial charge on any atom is 0.215 e. The number of nitrogens with one attached hydrogen (secondary N) is 1. The van der Waals surface area contributed by atoms with Crippen molar-refractivity contribution in [3.8, 4) is 0 Å². The van der Waals surface area contributed by atoms with Gasteiger partial charge in [-0.1, -0.05) is 36.5 Å². The van der Waals surface area contributed by atoms with Gasteiger partial charge in [-0.3, -0.25) is 0 Å². The fourth-order valence-corrected chi connectivity index (χ4v) is 3.67. The lowest BCUT2D eigenvalue weighted by Crippen LogP contribution is -2.40. The number of ether oxygens (including phenoxy) is 1. The highest BCUT2D eigenvalue weighted by Gasteiger charge is 2.31. The lowest BCUT2D eigenvalue weighted by atomic mass is 10.0. The standard InChI is InChI=1S/C14H20N2O3S2/c1-14(7-2-8-19-14)10-16-21(17,18)9-11-3-5-12(6-4-11)13(15)20/h3-6,16H,2,7-10H2,1H3,(H2,15,20). The van der Waals surface area contributed by atoms with Gasteiger partial charge >= 0.3 is 0 Å². The molecule has 1 saturated heterocycles. The van der Waals surface area contributed by atoms with Crippen molar-refractivity contribution in [1.82, 2.24) is 4.72 Å². The van der Waals surface area contributed by atoms with Gasteiger partial charge in [-0.25, -0.2) is 13.1 Å². The molecular formula is C14H20N2O3S2. The van der Waals surface area contributed by atoms with Gasteiger partial charge in [-0.2, -0.15) is 0 Å². The van der Waals surface area contributed by atoms with Crippen molar-refractivity contribution < 1.29 is 13.2 Å². The van der Waals surface area contributed by atoms with E-state index >= 15 is 0 Å². The third-order valence-electron chi connectivity index (χ3n) is 3.56. The molecule has 0 amide bonds. The molecule has 1 aromatic carbocycles. The molecular weight excluding hydrogens is 308 g/mol. The lowest BCUT2D eigenvalue weighted by Gasteiger charge is -2.23. The van der Waals surface area contributed by atoms with Crippen LogP contribution in [0, 0.1) is 0 Å². The van der Waals surface area contributed by atoms with Crippen LogP contribution in [0.5, 0.6) is 0 Å². The summed E-state index contributed by atoms with van der Waals surface area (Å²) in [6.07, 6.45) is 1.84. The Hall–Kier alpha value is -1.02. The van der Waals surface area contributed by atoms with Gasteiger partial charge < -0.3 is 10.5 Å². The Labute approximate surface area is 130 Å². The van der Waals surface area contributed by atoms with Crippen LogP contribution in [0.2, 0.25) is 0 Å². The summed E-state index contributed by atoms with van der Waals surface area (Å²) in [4.78, 5) is 0.300. The van der Waals surface area contributed by atoms with E-state index < -0.39 is 10.0 Å². The highest BCUT2D eigenvalue weighted by molar-refractivity contribution is 7.88. The van der Waals surface area contributed by atoms with Crippen LogP contribution in [0.4, 0.5) is 0 Å². The van der Waals surface area contributed by atoms with Crippen LogP contribution >= 0.6 is 12.2 Å². The molecule has 0 saturated carbocycles. The molecule has 1 aliphatic heterocycles. The molecule has 1 aliphatic rings. The zero-order valence-corrected chi connectivity index (χ0v) is 13.6. The first-order chi connectivity index (χ1) is 9.80. The van der Waals surface area contributed by atoms with E-state index in [4.69, 9.17) is 22.7 Å². The van der Waals surface area contributed by atoms with Gasteiger partial charge in [-0.15, -0.1) is 0 Å². The molecule has 0 bridgehead atoms. The van der Waals surface area contributed by atoms with Gasteiger partial charge in [0.1, 0.15) is 4.99 Å². The Morgan fingerprint density at radius 1 is 1.43 bits per heavy atom. The Morgan fingerprint density at radius 2 is 2.10 bits per heavy atom. The number of sulfonamides is 1. The zero-order chi connectivity index (χ0) is 15.5. The SMILES string of the molecule is CC1(CNS(=O)(=O)Cc2ccc(C(N)=S)cc2)CCCO1. The van der Waals surface area contributed by atoms with E-state index in [1.807, 2.05) is 6.92 Å². The summed E-state index contributed by atoms with van der Waals surface area (Å²) < 4.78 is 32.4. The van der Waals surface area contributed by atoms with E-state index in [9.17, 15) is 8.42 Å². The summed E-state index contributed by atoms with van der Waals surface area (Å²) >= 11 is 4.86. The summed E-state index contributed by atoms with van der Waals surface area (Å²) in [7, 11) is -3.39. The second-order valence-corrected chi connectivity index (χ2v) is 7.79. The van der Waals surface area contributed by atoms with E-state index in [1.54, 1.807) is 24.3 Å². The van der Waals surface area contributed by atoms with Crippen molar-refractivity contribution in [2.75, 3.05) is 13.2 Å². The van der Waals surface area contributed by atoms with Crippen molar-refractivity contribution in [2.45, 2.75) is 31.1 Å². The highest BCUT2D eigenvalue weighted by atomic mass is 32.2. The molecule has 1 atom stereocenters. The Balaban J connectivity index is 1.95. The van der Waals surface area contributed by atoms with Crippen molar-refractivity contribution in [3.05, 3.63) is 35.4 Å². The lowest BCUT2D eigenvalue weighted by molar-refractivity contribution is 0.0250. The predicted molar refractivity (Wildman–Crippen MR) is 86.5 cm³/mol. The number of nitrogens with two attached hydrogens (primary N) is 1. The van der Waals surface area contributed by atoms with Crippen LogP contribution in [0.3, 0.4) is 0 Å². The second kappa shape index (κ2) is 6.39. The van der Waals surface area contributed by atoms with E-state index in [0.29, 0.717) is 23.7 Å². The molecule has 5 nitrogen and oxygen atoms in total. The molecule has 116 valence electrons. The monoisotopic (exact) mass is 328 g/mol. The maximum absolute atomic E-state index is 12.1. The molecule has 2 rings (SSSR count). The van der Waals surface area contributed by atoms with Crippen molar-refractivity contribution in [3.63, 3.8) is 0 Å². The van der Waals surface area contributed by atoms with Crippen molar-refractivity contribution in [2.24, 2.45) is 5.73 Å². The van der Waals surface area contributed by atoms with Crippen LogP contribution in [-0.2, 0) is 20.5 Å². The molecule has 7 heteroatoms. The fourth-order valence-electron chi connectivity index (χ4n) is 2.27. The van der Waals surface area contributed by atoms with Crippen LogP contribution in [-0.4, -0.2) is 32.2 Å². The molecule has 0 aliphatic carbocycles. The molecule has 1 aromatic rings. The third kappa shape index (κ3) is 4.74. The topological polar surface area (TPSA) is 81.4 Å². The van der Waals surface area contributed by atoms with Gasteiger partial charge in [0.05, 0.1) is 11.4 Å². The Morgan fingerprint density at radius 3 is 2.62 bits per heavy atom. The molecule has 0 radical (unpaired) electrons. The molecule has 0 spiro atoms. The van der Waals surface area contributed by atoms with Crippen molar-refractivity contribution >= 4 is 27.2 Å². The van der Waals surface area contributed by atoms with Gasteiger partial charge in [-0.05, 0) is 25.3 Å². The van der Waals surface area contributed by atoms with E-state index in [-0.39, 0.29) is 11.4 Å². The fraction of sp³-hybridized carbons (Fsp3) is 0.500. The first-order valence-corrected chi connectivity index (χ1v) is 8.86. The zero-order valence-electron chi connectivity index (χ0n) is 12.0. The quantitative estimate of drug-likeness (QED) is 0.770. The molecule has 21 heavy (non-hydrogen) atoms. The first-order valence-electron chi connectivity index (χ1n) is 6.80. The van der Waals surface area contributed by atoms with Gasteiger partial charge in [0.2, 0.25) is 10.0 Å². The van der Waals surface area contributed by atoms with Crippen molar-refractivity contribution in [1.29, 1.82) is 0 Å². The number of benzene rings is 1. The Kier molecular flexibility index (Phi) is 4.98. The smallest absolute Gasteiger partial charge is 0.215 e. The minimum Gasteiger partial charge on any atom is -0.389 e. The summed E-state index contributed by atoms with van der Waals surface area (Å²) in [5.41, 5.74) is 6.55. The molecule has 1 heterocycles. The summed E-state index contributed by atoms with van der Waals surface area (Å²) in [5, 5.41) is 0. The van der Waals surface area contributed by atoms with E-state index in [0.717, 1.165) is 18.4 Å². The van der Waals surface area contributed by atoms with Crippen LogP contribution in [0.1, 0.15) is 30.9 Å². The Bertz CT molecular complexity index is 606. The summed E-state index contributed by atoms with van der Waals surface area (Å²) in [5.74, 6) is -0.0688. The molecule has 0 aromatic heterocycles. The first kappa shape index (κ1) is 16.4. The van der Waals surface area contributed by atoms with Gasteiger partial charge in [0.25, 0.3) is 0 Å². The minimum atomic E-state index is -3.39. The summed E-state index contributed by atoms with van der Waals surface area (Å²) in [6.45, 7) is 2.93. The predicted octanol–water partition coefficient (Wildman–Crippen LogP) is 1.31. The van der Waals surface area contributed by atoms with E-state index in [1.165, 1.54) is 0 Å². The average molecular weight is 328 g/mol. The number of thiocarbonyl (C=S) groups is 1. The second-order valence-electron chi connectivity index (χ2n) is 5.54. The largest absolute Gasteiger partial charge is 0.389 e. The van der Waals surface area contributed by atoms with Crippen LogP contribution in [0.15, 0.2) is 24.3 Å². The average Bonchev–Trinajstić information content (AvgIpc) is 2.85. The molecule has 1 fully saturated rings. The van der Waals surface area contributed by atoms with E-state index in [2.05, 4.69) is 4.72 Å². The van der Waals surface area contributed by atoms with Gasteiger partial charge in [0.15, 0.2) is 0 Å². The molecule has 3 N–H and O–H groups in total. The molecule has 1 unspecified atom stereocenters. The summed E-state index contributed by atoms with van der Waals surface area (Å²) in [6, 6.07) is 6.91.